The summed E-state index contributed by atoms with van der Waals surface area (Å²) >= 11 is 0. The van der Waals surface area contributed by atoms with Crippen LogP contribution in [-0.4, -0.2) is 23.1 Å². The number of rotatable bonds is 4. The summed E-state index contributed by atoms with van der Waals surface area (Å²) in [6, 6.07) is 35.8. The molecule has 0 aromatic heterocycles. The molecule has 1 saturated heterocycles. The fourth-order valence-corrected chi connectivity index (χ4v) is 5.20. The van der Waals surface area contributed by atoms with Crippen molar-refractivity contribution in [3.63, 3.8) is 0 Å². The monoisotopic (exact) mass is 393 g/mol. The molecule has 4 aromatic carbocycles. The second-order valence-corrected chi connectivity index (χ2v) is 8.38. The molecule has 2 atom stereocenters. The van der Waals surface area contributed by atoms with Crippen LogP contribution in [0.3, 0.4) is 0 Å². The Balaban J connectivity index is 1.55. The molecule has 0 saturated carbocycles. The number of fused-ring (bicyclic) bond motifs is 1. The van der Waals surface area contributed by atoms with Crippen LogP contribution in [0.15, 0.2) is 103 Å². The number of likely N-dealkylation sites (N-methyl/N-ethyl adjacent to an activating group) is 1. The molecule has 0 amide bonds. The van der Waals surface area contributed by atoms with E-state index in [0.717, 1.165) is 24.0 Å². The maximum absolute atomic E-state index is 12.2. The topological polar surface area (TPSA) is 23.5 Å². The van der Waals surface area contributed by atoms with E-state index >= 15 is 0 Å². The normalized spacial score (nSPS) is 19.9. The standard InChI is InChI=1S/C28H27NO/c1-29-26(23-17-16-21-10-8-9-11-22(21)20-23)18-19-27(29)28(30,24-12-4-2-5-13-24)25-14-6-3-7-15-25/h2-17,20,26-27,30H,18-19H2,1H3/t26-,27+/m1/s1. The summed E-state index contributed by atoms with van der Waals surface area (Å²) in [7, 11) is 2.16. The van der Waals surface area contributed by atoms with Crippen molar-refractivity contribution in [1.29, 1.82) is 0 Å². The highest BCUT2D eigenvalue weighted by Crippen LogP contribution is 2.45. The summed E-state index contributed by atoms with van der Waals surface area (Å²) in [4.78, 5) is 2.38. The summed E-state index contributed by atoms with van der Waals surface area (Å²) in [5.74, 6) is 0. The Morgan fingerprint density at radius 1 is 0.700 bits per heavy atom. The molecule has 0 radical (unpaired) electrons. The first-order chi connectivity index (χ1) is 14.7. The van der Waals surface area contributed by atoms with Gasteiger partial charge in [-0.1, -0.05) is 97.1 Å². The van der Waals surface area contributed by atoms with Crippen LogP contribution in [0, 0.1) is 0 Å². The summed E-state index contributed by atoms with van der Waals surface area (Å²) in [6.45, 7) is 0. The van der Waals surface area contributed by atoms with E-state index in [9.17, 15) is 5.11 Å². The van der Waals surface area contributed by atoms with Crippen LogP contribution < -0.4 is 0 Å². The highest BCUT2D eigenvalue weighted by atomic mass is 16.3. The molecule has 1 fully saturated rings. The van der Waals surface area contributed by atoms with Gasteiger partial charge in [0.25, 0.3) is 0 Å². The van der Waals surface area contributed by atoms with Gasteiger partial charge >= 0.3 is 0 Å². The lowest BCUT2D eigenvalue weighted by atomic mass is 9.79. The van der Waals surface area contributed by atoms with E-state index in [4.69, 9.17) is 0 Å². The Kier molecular flexibility index (Phi) is 4.90. The first-order valence-electron chi connectivity index (χ1n) is 10.7. The van der Waals surface area contributed by atoms with Gasteiger partial charge in [-0.3, -0.25) is 4.90 Å². The van der Waals surface area contributed by atoms with Gasteiger partial charge in [-0.05, 0) is 53.4 Å². The van der Waals surface area contributed by atoms with E-state index in [1.807, 2.05) is 60.7 Å². The molecule has 5 rings (SSSR count). The fraction of sp³-hybridized carbons (Fsp3) is 0.214. The van der Waals surface area contributed by atoms with Gasteiger partial charge in [0.2, 0.25) is 0 Å². The smallest absolute Gasteiger partial charge is 0.130 e. The average Bonchev–Trinajstić information content (AvgIpc) is 3.21. The average molecular weight is 394 g/mol. The van der Waals surface area contributed by atoms with Crippen molar-refractivity contribution in [1.82, 2.24) is 4.90 Å². The van der Waals surface area contributed by atoms with Gasteiger partial charge < -0.3 is 5.11 Å². The molecule has 1 aliphatic heterocycles. The van der Waals surface area contributed by atoms with Gasteiger partial charge in [0, 0.05) is 12.1 Å². The number of hydrogen-bond acceptors (Lipinski definition) is 2. The van der Waals surface area contributed by atoms with E-state index < -0.39 is 5.60 Å². The molecule has 30 heavy (non-hydrogen) atoms. The Morgan fingerprint density at radius 3 is 1.90 bits per heavy atom. The third-order valence-electron chi connectivity index (χ3n) is 6.77. The van der Waals surface area contributed by atoms with Gasteiger partial charge in [0.05, 0.1) is 0 Å². The number of aliphatic hydroxyl groups is 1. The molecule has 0 bridgehead atoms. The largest absolute Gasteiger partial charge is 0.379 e. The van der Waals surface area contributed by atoms with Crippen molar-refractivity contribution in [2.45, 2.75) is 30.5 Å². The van der Waals surface area contributed by atoms with Crippen molar-refractivity contribution in [2.75, 3.05) is 7.05 Å². The number of nitrogens with zero attached hydrogens (tertiary/aromatic N) is 1. The van der Waals surface area contributed by atoms with Crippen LogP contribution >= 0.6 is 0 Å². The number of hydrogen-bond donors (Lipinski definition) is 1. The van der Waals surface area contributed by atoms with Crippen LogP contribution in [0.1, 0.15) is 35.6 Å². The molecule has 0 aliphatic carbocycles. The molecule has 1 N–H and O–H groups in total. The fourth-order valence-electron chi connectivity index (χ4n) is 5.20. The van der Waals surface area contributed by atoms with Crippen LogP contribution in [0.2, 0.25) is 0 Å². The molecular formula is C28H27NO. The zero-order valence-electron chi connectivity index (χ0n) is 17.3. The van der Waals surface area contributed by atoms with Crippen molar-refractivity contribution in [3.8, 4) is 0 Å². The molecule has 0 unspecified atom stereocenters. The minimum absolute atomic E-state index is 0.00114. The molecular weight excluding hydrogens is 366 g/mol. The van der Waals surface area contributed by atoms with Crippen molar-refractivity contribution < 1.29 is 5.11 Å². The van der Waals surface area contributed by atoms with Crippen LogP contribution in [0.25, 0.3) is 10.8 Å². The third-order valence-corrected chi connectivity index (χ3v) is 6.77. The van der Waals surface area contributed by atoms with Gasteiger partial charge in [0.1, 0.15) is 5.60 Å². The molecule has 2 nitrogen and oxygen atoms in total. The van der Waals surface area contributed by atoms with E-state index in [1.165, 1.54) is 16.3 Å². The van der Waals surface area contributed by atoms with Crippen molar-refractivity contribution in [2.24, 2.45) is 0 Å². The molecule has 2 heteroatoms. The lowest BCUT2D eigenvalue weighted by molar-refractivity contribution is -0.00403. The van der Waals surface area contributed by atoms with Gasteiger partial charge in [-0.15, -0.1) is 0 Å². The van der Waals surface area contributed by atoms with Crippen LogP contribution in [-0.2, 0) is 5.60 Å². The maximum atomic E-state index is 12.2. The second-order valence-electron chi connectivity index (χ2n) is 8.38. The zero-order valence-corrected chi connectivity index (χ0v) is 17.3. The van der Waals surface area contributed by atoms with E-state index in [1.54, 1.807) is 0 Å². The predicted molar refractivity (Wildman–Crippen MR) is 123 cm³/mol. The zero-order chi connectivity index (χ0) is 20.6. The minimum Gasteiger partial charge on any atom is -0.379 e. The third kappa shape index (κ3) is 3.13. The predicted octanol–water partition coefficient (Wildman–Crippen LogP) is 5.91. The first kappa shape index (κ1) is 19.0. The lowest BCUT2D eigenvalue weighted by Crippen LogP contribution is -2.47. The lowest BCUT2D eigenvalue weighted by Gasteiger charge is -2.40. The molecule has 0 spiro atoms. The summed E-state index contributed by atoms with van der Waals surface area (Å²) in [6.07, 6.45) is 1.97. The molecule has 150 valence electrons. The Hall–Kier alpha value is -2.94. The molecule has 4 aromatic rings. The first-order valence-corrected chi connectivity index (χ1v) is 10.7. The highest BCUT2D eigenvalue weighted by Gasteiger charge is 2.47. The number of likely N-dealkylation sites (tertiary alicyclic amines) is 1. The quantitative estimate of drug-likeness (QED) is 0.466. The summed E-state index contributed by atoms with van der Waals surface area (Å²) in [5.41, 5.74) is 2.17. The van der Waals surface area contributed by atoms with E-state index in [2.05, 4.69) is 54.4 Å². The SMILES string of the molecule is CN1[C@@H](c2ccc3ccccc3c2)CC[C@H]1C(O)(c1ccccc1)c1ccccc1. The Bertz CT molecular complexity index is 1100. The Labute approximate surface area is 178 Å². The second kappa shape index (κ2) is 7.71. The minimum atomic E-state index is -1.05. The van der Waals surface area contributed by atoms with Gasteiger partial charge in [-0.25, -0.2) is 0 Å². The molecule has 1 aliphatic rings. The van der Waals surface area contributed by atoms with E-state index in [0.29, 0.717) is 6.04 Å². The van der Waals surface area contributed by atoms with Gasteiger partial charge in [-0.2, -0.15) is 0 Å². The van der Waals surface area contributed by atoms with Gasteiger partial charge in [0.15, 0.2) is 0 Å². The maximum Gasteiger partial charge on any atom is 0.130 e. The Morgan fingerprint density at radius 2 is 1.27 bits per heavy atom. The summed E-state index contributed by atoms with van der Waals surface area (Å²) in [5, 5.41) is 14.8. The van der Waals surface area contributed by atoms with Crippen LogP contribution in [0.5, 0.6) is 0 Å². The molecule has 1 heterocycles. The number of benzene rings is 4. The highest BCUT2D eigenvalue weighted by molar-refractivity contribution is 5.83. The van der Waals surface area contributed by atoms with Crippen molar-refractivity contribution in [3.05, 3.63) is 120 Å². The van der Waals surface area contributed by atoms with Crippen LogP contribution in [0.4, 0.5) is 0 Å². The van der Waals surface area contributed by atoms with Crippen molar-refractivity contribution >= 4 is 10.8 Å². The van der Waals surface area contributed by atoms with E-state index in [-0.39, 0.29) is 6.04 Å². The summed E-state index contributed by atoms with van der Waals surface area (Å²) < 4.78 is 0.